The fourth-order valence-corrected chi connectivity index (χ4v) is 1.37. The number of para-hydroxylation sites is 1. The zero-order valence-corrected chi connectivity index (χ0v) is 9.57. The lowest BCUT2D eigenvalue weighted by Crippen LogP contribution is -2.25. The Morgan fingerprint density at radius 3 is 2.73 bits per heavy atom. The summed E-state index contributed by atoms with van der Waals surface area (Å²) in [7, 11) is 1.85. The molecule has 0 aromatic heterocycles. The van der Waals surface area contributed by atoms with Gasteiger partial charge in [0, 0.05) is 19.2 Å². The minimum atomic E-state index is 0.711. The molecule has 0 bridgehead atoms. The Hall–Kier alpha value is -1.06. The fourth-order valence-electron chi connectivity index (χ4n) is 1.37. The molecular weight excluding hydrogens is 188 g/mol. The molecule has 0 aliphatic heterocycles. The van der Waals surface area contributed by atoms with Gasteiger partial charge >= 0.3 is 0 Å². The molecule has 1 aromatic carbocycles. The van der Waals surface area contributed by atoms with Crippen molar-refractivity contribution in [2.45, 2.75) is 26.3 Å². The average molecular weight is 208 g/mol. The summed E-state index contributed by atoms with van der Waals surface area (Å²) in [6.45, 7) is 3.65. The standard InChI is InChI=1S/C12H20N2O/c1-3-4-9-15-12-8-6-5-7-11(12)10-14(2)13/h5-8H,3-4,9-10,13H2,1-2H3. The minimum Gasteiger partial charge on any atom is -0.493 e. The number of ether oxygens (including phenoxy) is 1. The molecule has 0 saturated carbocycles. The topological polar surface area (TPSA) is 38.5 Å². The molecule has 0 amide bonds. The van der Waals surface area contributed by atoms with E-state index in [0.717, 1.165) is 30.8 Å². The molecule has 0 atom stereocenters. The van der Waals surface area contributed by atoms with Gasteiger partial charge in [-0.1, -0.05) is 31.5 Å². The van der Waals surface area contributed by atoms with Crippen LogP contribution in [0.1, 0.15) is 25.3 Å². The van der Waals surface area contributed by atoms with Crippen LogP contribution in [0.5, 0.6) is 5.75 Å². The molecule has 1 rings (SSSR count). The van der Waals surface area contributed by atoms with Crippen LogP contribution in [-0.4, -0.2) is 18.7 Å². The second-order valence-electron chi connectivity index (χ2n) is 3.72. The quantitative estimate of drug-likeness (QED) is 0.442. The monoisotopic (exact) mass is 208 g/mol. The summed E-state index contributed by atoms with van der Waals surface area (Å²) < 4.78 is 5.70. The average Bonchev–Trinajstić information content (AvgIpc) is 2.20. The highest BCUT2D eigenvalue weighted by atomic mass is 16.5. The van der Waals surface area contributed by atoms with E-state index in [1.807, 2.05) is 31.3 Å². The molecule has 0 spiro atoms. The first-order valence-electron chi connectivity index (χ1n) is 5.40. The van der Waals surface area contributed by atoms with Gasteiger partial charge in [0.25, 0.3) is 0 Å². The van der Waals surface area contributed by atoms with Gasteiger partial charge in [-0.2, -0.15) is 0 Å². The van der Waals surface area contributed by atoms with E-state index in [0.29, 0.717) is 6.54 Å². The molecule has 84 valence electrons. The lowest BCUT2D eigenvalue weighted by Gasteiger charge is -2.14. The van der Waals surface area contributed by atoms with Crippen molar-refractivity contribution in [2.24, 2.45) is 5.84 Å². The molecule has 0 aliphatic carbocycles. The van der Waals surface area contributed by atoms with Gasteiger partial charge in [0.05, 0.1) is 6.61 Å². The van der Waals surface area contributed by atoms with E-state index in [-0.39, 0.29) is 0 Å². The van der Waals surface area contributed by atoms with Crippen LogP contribution in [0.15, 0.2) is 24.3 Å². The first-order chi connectivity index (χ1) is 7.24. The van der Waals surface area contributed by atoms with E-state index < -0.39 is 0 Å². The second kappa shape index (κ2) is 6.43. The lowest BCUT2D eigenvalue weighted by molar-refractivity contribution is 0.291. The highest BCUT2D eigenvalue weighted by Crippen LogP contribution is 2.18. The zero-order valence-electron chi connectivity index (χ0n) is 9.57. The summed E-state index contributed by atoms with van der Waals surface area (Å²) >= 11 is 0. The van der Waals surface area contributed by atoms with Gasteiger partial charge in [-0.3, -0.25) is 5.84 Å². The molecule has 15 heavy (non-hydrogen) atoms. The van der Waals surface area contributed by atoms with Crippen molar-refractivity contribution in [1.82, 2.24) is 5.01 Å². The van der Waals surface area contributed by atoms with Crippen LogP contribution in [-0.2, 0) is 6.54 Å². The van der Waals surface area contributed by atoms with E-state index in [1.54, 1.807) is 5.01 Å². The predicted molar refractivity (Wildman–Crippen MR) is 62.5 cm³/mol. The number of benzene rings is 1. The number of nitrogens with zero attached hydrogens (tertiary/aromatic N) is 1. The van der Waals surface area contributed by atoms with Crippen LogP contribution in [0.3, 0.4) is 0 Å². The normalized spacial score (nSPS) is 10.7. The van der Waals surface area contributed by atoms with Crippen molar-refractivity contribution in [2.75, 3.05) is 13.7 Å². The van der Waals surface area contributed by atoms with Crippen LogP contribution in [0.2, 0.25) is 0 Å². The first-order valence-corrected chi connectivity index (χ1v) is 5.40. The maximum absolute atomic E-state index is 5.70. The summed E-state index contributed by atoms with van der Waals surface area (Å²) in [5.74, 6) is 6.57. The Morgan fingerprint density at radius 2 is 2.07 bits per heavy atom. The van der Waals surface area contributed by atoms with E-state index in [1.165, 1.54) is 0 Å². The third-order valence-electron chi connectivity index (χ3n) is 2.15. The van der Waals surface area contributed by atoms with Crippen LogP contribution >= 0.6 is 0 Å². The van der Waals surface area contributed by atoms with Crippen molar-refractivity contribution in [1.29, 1.82) is 0 Å². The van der Waals surface area contributed by atoms with E-state index in [2.05, 4.69) is 6.92 Å². The Bertz CT molecular complexity index is 287. The van der Waals surface area contributed by atoms with Gasteiger partial charge < -0.3 is 4.74 Å². The molecule has 0 radical (unpaired) electrons. The van der Waals surface area contributed by atoms with Crippen LogP contribution in [0.25, 0.3) is 0 Å². The molecule has 0 unspecified atom stereocenters. The molecule has 0 fully saturated rings. The van der Waals surface area contributed by atoms with Gasteiger partial charge in [-0.05, 0) is 12.5 Å². The van der Waals surface area contributed by atoms with Crippen molar-refractivity contribution in [3.8, 4) is 5.75 Å². The molecule has 0 heterocycles. The summed E-state index contributed by atoms with van der Waals surface area (Å²) in [4.78, 5) is 0. The SMILES string of the molecule is CCCCOc1ccccc1CN(C)N. The Labute approximate surface area is 91.8 Å². The molecule has 1 aromatic rings. The Kier molecular flexibility index (Phi) is 5.15. The number of rotatable bonds is 6. The first kappa shape index (κ1) is 12.0. The Balaban J connectivity index is 2.60. The largest absolute Gasteiger partial charge is 0.493 e. The van der Waals surface area contributed by atoms with Crippen molar-refractivity contribution in [3.63, 3.8) is 0 Å². The van der Waals surface area contributed by atoms with Gasteiger partial charge in [0.15, 0.2) is 0 Å². The van der Waals surface area contributed by atoms with Gasteiger partial charge in [0.1, 0.15) is 5.75 Å². The molecule has 0 aliphatic rings. The summed E-state index contributed by atoms with van der Waals surface area (Å²) in [5, 5.41) is 1.65. The fraction of sp³-hybridized carbons (Fsp3) is 0.500. The van der Waals surface area contributed by atoms with Gasteiger partial charge in [-0.15, -0.1) is 0 Å². The zero-order chi connectivity index (χ0) is 11.1. The van der Waals surface area contributed by atoms with Crippen molar-refractivity contribution in [3.05, 3.63) is 29.8 Å². The van der Waals surface area contributed by atoms with Crippen LogP contribution in [0.4, 0.5) is 0 Å². The molecule has 0 saturated heterocycles. The van der Waals surface area contributed by atoms with Crippen LogP contribution in [0, 0.1) is 0 Å². The highest BCUT2D eigenvalue weighted by Gasteiger charge is 2.03. The van der Waals surface area contributed by atoms with Gasteiger partial charge in [-0.25, -0.2) is 5.01 Å². The predicted octanol–water partition coefficient (Wildman–Crippen LogP) is 2.17. The molecule has 3 nitrogen and oxygen atoms in total. The van der Waals surface area contributed by atoms with Crippen molar-refractivity contribution >= 4 is 0 Å². The third kappa shape index (κ3) is 4.32. The minimum absolute atomic E-state index is 0.711. The number of nitrogens with two attached hydrogens (primary N) is 1. The highest BCUT2D eigenvalue weighted by molar-refractivity contribution is 5.33. The summed E-state index contributed by atoms with van der Waals surface area (Å²) in [6.07, 6.45) is 2.24. The number of unbranched alkanes of at least 4 members (excludes halogenated alkanes) is 1. The van der Waals surface area contributed by atoms with E-state index >= 15 is 0 Å². The maximum atomic E-state index is 5.70. The maximum Gasteiger partial charge on any atom is 0.123 e. The number of hydrazine groups is 1. The van der Waals surface area contributed by atoms with E-state index in [4.69, 9.17) is 10.6 Å². The smallest absolute Gasteiger partial charge is 0.123 e. The third-order valence-corrected chi connectivity index (χ3v) is 2.15. The summed E-state index contributed by atoms with van der Waals surface area (Å²) in [6, 6.07) is 8.03. The van der Waals surface area contributed by atoms with Crippen molar-refractivity contribution < 1.29 is 4.74 Å². The van der Waals surface area contributed by atoms with E-state index in [9.17, 15) is 0 Å². The Morgan fingerprint density at radius 1 is 1.33 bits per heavy atom. The lowest BCUT2D eigenvalue weighted by atomic mass is 10.2. The molecular formula is C12H20N2O. The number of hydrogen-bond acceptors (Lipinski definition) is 3. The second-order valence-corrected chi connectivity index (χ2v) is 3.72. The van der Waals surface area contributed by atoms with Gasteiger partial charge in [0.2, 0.25) is 0 Å². The molecule has 2 N–H and O–H groups in total. The molecule has 3 heteroatoms. The summed E-state index contributed by atoms with van der Waals surface area (Å²) in [5.41, 5.74) is 1.14. The van der Waals surface area contributed by atoms with Crippen LogP contribution < -0.4 is 10.6 Å². The number of hydrogen-bond donors (Lipinski definition) is 1.